The molecule has 0 aliphatic rings. The Balaban J connectivity index is 2.92. The van der Waals surface area contributed by atoms with E-state index in [0.29, 0.717) is 22.5 Å². The van der Waals surface area contributed by atoms with Gasteiger partial charge in [0.15, 0.2) is 0 Å². The summed E-state index contributed by atoms with van der Waals surface area (Å²) in [7, 11) is 1.50. The summed E-state index contributed by atoms with van der Waals surface area (Å²) >= 11 is 0. The molecule has 0 bridgehead atoms. The molecule has 1 heterocycles. The number of nitrogen functional groups attached to an aromatic ring is 1. The van der Waals surface area contributed by atoms with Gasteiger partial charge in [-0.05, 0) is 17.5 Å². The molecule has 112 valence electrons. The number of anilines is 1. The van der Waals surface area contributed by atoms with E-state index >= 15 is 0 Å². The lowest BCUT2D eigenvalue weighted by atomic mass is 9.86. The molecule has 21 heavy (non-hydrogen) atoms. The van der Waals surface area contributed by atoms with Crippen LogP contribution in [0.3, 0.4) is 0 Å². The second-order valence-electron chi connectivity index (χ2n) is 5.72. The van der Waals surface area contributed by atoms with Gasteiger partial charge in [-0.3, -0.25) is 10.1 Å². The molecule has 3 N–H and O–H groups in total. The zero-order chi connectivity index (χ0) is 15.8. The van der Waals surface area contributed by atoms with E-state index < -0.39 is 4.92 Å². The van der Waals surface area contributed by atoms with Crippen molar-refractivity contribution >= 4 is 22.4 Å². The second-order valence-corrected chi connectivity index (χ2v) is 5.72. The van der Waals surface area contributed by atoms with Crippen LogP contribution < -0.4 is 16.0 Å². The molecule has 2 rings (SSSR count). The van der Waals surface area contributed by atoms with Crippen LogP contribution in [0.5, 0.6) is 5.75 Å². The first kappa shape index (κ1) is 15.0. The molecule has 0 amide bonds. The number of aromatic nitrogens is 1. The first-order valence-electron chi connectivity index (χ1n) is 6.43. The van der Waals surface area contributed by atoms with E-state index in [1.165, 1.54) is 19.2 Å². The highest BCUT2D eigenvalue weighted by atomic mass is 16.6. The van der Waals surface area contributed by atoms with Gasteiger partial charge in [0, 0.05) is 11.6 Å². The Morgan fingerprint density at radius 2 is 2.05 bits per heavy atom. The van der Waals surface area contributed by atoms with Gasteiger partial charge in [-0.15, -0.1) is 0 Å². The van der Waals surface area contributed by atoms with Crippen molar-refractivity contribution < 1.29 is 9.66 Å². The van der Waals surface area contributed by atoms with Crippen molar-refractivity contribution in [3.63, 3.8) is 0 Å². The van der Waals surface area contributed by atoms with Crippen LogP contribution in [-0.4, -0.2) is 17.0 Å². The molecule has 0 unspecified atom stereocenters. The van der Waals surface area contributed by atoms with E-state index in [1.54, 1.807) is 6.07 Å². The Labute approximate surface area is 122 Å². The Hall–Kier alpha value is -2.41. The predicted molar refractivity (Wildman–Crippen MR) is 81.5 cm³/mol. The molecule has 0 aliphatic carbocycles. The average Bonchev–Trinajstić information content (AvgIpc) is 2.43. The van der Waals surface area contributed by atoms with Gasteiger partial charge in [0.25, 0.3) is 5.69 Å². The van der Waals surface area contributed by atoms with E-state index in [2.05, 4.69) is 10.4 Å². The lowest BCUT2D eigenvalue weighted by Gasteiger charge is -2.22. The van der Waals surface area contributed by atoms with Gasteiger partial charge >= 0.3 is 0 Å². The number of ether oxygens (including phenoxy) is 1. The van der Waals surface area contributed by atoms with Crippen molar-refractivity contribution in [3.8, 4) is 5.75 Å². The third-order valence-corrected chi connectivity index (χ3v) is 3.29. The minimum Gasteiger partial charge on any atom is -0.494 e. The molecule has 1 aromatic heterocycles. The summed E-state index contributed by atoms with van der Waals surface area (Å²) in [5, 5.41) is 11.7. The first-order valence-corrected chi connectivity index (χ1v) is 6.43. The molecular formula is C14H18N4O3. The molecule has 1 aromatic carbocycles. The fourth-order valence-corrected chi connectivity index (χ4v) is 2.23. The van der Waals surface area contributed by atoms with E-state index in [-0.39, 0.29) is 11.1 Å². The monoisotopic (exact) mass is 290 g/mol. The van der Waals surface area contributed by atoms with Crippen LogP contribution in [0.1, 0.15) is 26.3 Å². The summed E-state index contributed by atoms with van der Waals surface area (Å²) < 4.78 is 5.23. The van der Waals surface area contributed by atoms with Gasteiger partial charge in [-0.25, -0.2) is 10.8 Å². The normalized spacial score (nSPS) is 11.5. The van der Waals surface area contributed by atoms with Gasteiger partial charge in [0.1, 0.15) is 17.1 Å². The third-order valence-electron chi connectivity index (χ3n) is 3.29. The molecule has 0 saturated carbocycles. The summed E-state index contributed by atoms with van der Waals surface area (Å²) in [6, 6.07) is 4.70. The number of methoxy groups -OCH3 is 1. The zero-order valence-electron chi connectivity index (χ0n) is 12.4. The van der Waals surface area contributed by atoms with Crippen LogP contribution in [0.15, 0.2) is 18.2 Å². The molecular weight excluding hydrogens is 272 g/mol. The molecule has 0 fully saturated rings. The van der Waals surface area contributed by atoms with Crippen LogP contribution in [0.2, 0.25) is 0 Å². The summed E-state index contributed by atoms with van der Waals surface area (Å²) in [5.74, 6) is 6.49. The second kappa shape index (κ2) is 5.17. The van der Waals surface area contributed by atoms with Crippen LogP contribution in [-0.2, 0) is 5.41 Å². The molecule has 0 saturated heterocycles. The third kappa shape index (κ3) is 2.59. The molecule has 0 radical (unpaired) electrons. The molecule has 7 nitrogen and oxygen atoms in total. The lowest BCUT2D eigenvalue weighted by Crippen LogP contribution is -2.19. The van der Waals surface area contributed by atoms with Gasteiger partial charge in [0.05, 0.1) is 17.4 Å². The fourth-order valence-electron chi connectivity index (χ4n) is 2.23. The molecule has 0 spiro atoms. The quantitative estimate of drug-likeness (QED) is 0.512. The number of non-ortho nitro benzene ring substituents is 1. The Kier molecular flexibility index (Phi) is 3.69. The van der Waals surface area contributed by atoms with Crippen molar-refractivity contribution in [2.75, 3.05) is 12.5 Å². The number of nitro benzene ring substituents is 1. The maximum atomic E-state index is 11.2. The van der Waals surface area contributed by atoms with Gasteiger partial charge in [-0.1, -0.05) is 20.8 Å². The largest absolute Gasteiger partial charge is 0.494 e. The number of pyridine rings is 1. The van der Waals surface area contributed by atoms with E-state index in [4.69, 9.17) is 10.6 Å². The topological polar surface area (TPSA) is 103 Å². The maximum absolute atomic E-state index is 11.2. The number of hydrogen-bond donors (Lipinski definition) is 2. The van der Waals surface area contributed by atoms with Crippen LogP contribution in [0.25, 0.3) is 10.9 Å². The zero-order valence-corrected chi connectivity index (χ0v) is 12.4. The smallest absolute Gasteiger partial charge is 0.279 e. The Morgan fingerprint density at radius 3 is 2.52 bits per heavy atom. The summed E-state index contributed by atoms with van der Waals surface area (Å²) in [6.45, 7) is 5.97. The van der Waals surface area contributed by atoms with Crippen molar-refractivity contribution in [1.29, 1.82) is 0 Å². The number of hydrazine groups is 1. The van der Waals surface area contributed by atoms with Gasteiger partial charge in [0.2, 0.25) is 0 Å². The molecule has 2 aromatic rings. The van der Waals surface area contributed by atoms with Crippen molar-refractivity contribution in [2.45, 2.75) is 26.2 Å². The molecule has 7 heteroatoms. The summed E-state index contributed by atoms with van der Waals surface area (Å²) in [5.41, 5.74) is 3.50. The summed E-state index contributed by atoms with van der Waals surface area (Å²) in [6.07, 6.45) is 0. The Bertz CT molecular complexity index is 707. The van der Waals surface area contributed by atoms with Crippen molar-refractivity contribution in [3.05, 3.63) is 33.9 Å². The van der Waals surface area contributed by atoms with E-state index in [1.807, 2.05) is 20.8 Å². The van der Waals surface area contributed by atoms with Crippen LogP contribution >= 0.6 is 0 Å². The van der Waals surface area contributed by atoms with Crippen LogP contribution in [0, 0.1) is 10.1 Å². The highest BCUT2D eigenvalue weighted by Crippen LogP contribution is 2.37. The fraction of sp³-hybridized carbons (Fsp3) is 0.357. The number of hydrogen-bond acceptors (Lipinski definition) is 6. The SMILES string of the molecule is COc1ccc([N+](=O)[O-])c2cc(C(C)(C)C)c(NN)nc12. The van der Waals surface area contributed by atoms with Gasteiger partial charge < -0.3 is 10.2 Å². The predicted octanol–water partition coefficient (Wildman–Crippen LogP) is 2.73. The minimum absolute atomic E-state index is 0.00706. The highest BCUT2D eigenvalue weighted by Gasteiger charge is 2.24. The van der Waals surface area contributed by atoms with E-state index in [9.17, 15) is 10.1 Å². The lowest BCUT2D eigenvalue weighted by molar-refractivity contribution is -0.383. The number of nitrogens with zero attached hydrogens (tertiary/aromatic N) is 2. The number of fused-ring (bicyclic) bond motifs is 1. The first-order chi connectivity index (χ1) is 9.79. The maximum Gasteiger partial charge on any atom is 0.279 e. The highest BCUT2D eigenvalue weighted by molar-refractivity contribution is 5.94. The van der Waals surface area contributed by atoms with Crippen molar-refractivity contribution in [1.82, 2.24) is 4.98 Å². The number of nitrogens with two attached hydrogens (primary N) is 1. The van der Waals surface area contributed by atoms with Gasteiger partial charge in [-0.2, -0.15) is 0 Å². The Morgan fingerprint density at radius 1 is 1.38 bits per heavy atom. The standard InChI is InChI=1S/C14H18N4O3/c1-14(2,3)9-7-8-10(18(19)20)5-6-11(21-4)12(8)16-13(9)17-15/h5-7H,15H2,1-4H3,(H,16,17). The van der Waals surface area contributed by atoms with Crippen LogP contribution in [0.4, 0.5) is 11.5 Å². The number of nitro groups is 1. The molecule has 0 aliphatic heterocycles. The number of nitrogens with one attached hydrogen (secondary N) is 1. The van der Waals surface area contributed by atoms with E-state index in [0.717, 1.165) is 5.56 Å². The minimum atomic E-state index is -0.425. The average molecular weight is 290 g/mol. The van der Waals surface area contributed by atoms with Crippen molar-refractivity contribution in [2.24, 2.45) is 5.84 Å². The number of benzene rings is 1. The molecule has 0 atom stereocenters. The summed E-state index contributed by atoms with van der Waals surface area (Å²) in [4.78, 5) is 15.2. The number of rotatable bonds is 3.